The molecule has 2 N–H and O–H groups in total. The lowest BCUT2D eigenvalue weighted by Crippen LogP contribution is -2.35. The van der Waals surface area contributed by atoms with Crippen molar-refractivity contribution in [2.75, 3.05) is 11.1 Å². The first-order chi connectivity index (χ1) is 13.4. The summed E-state index contributed by atoms with van der Waals surface area (Å²) in [6.45, 7) is 1.95. The molecule has 0 bridgehead atoms. The molecule has 0 radical (unpaired) electrons. The van der Waals surface area contributed by atoms with Gasteiger partial charge in [0.2, 0.25) is 11.8 Å². The molecule has 2 amide bonds. The van der Waals surface area contributed by atoms with Gasteiger partial charge >= 0.3 is 0 Å². The fourth-order valence-corrected chi connectivity index (χ4v) is 5.95. The van der Waals surface area contributed by atoms with Gasteiger partial charge in [0.15, 0.2) is 9.84 Å². The molecule has 0 aromatic heterocycles. The molecule has 3 rings (SSSR count). The highest BCUT2D eigenvalue weighted by molar-refractivity contribution is 8.01. The number of hydrogen-bond acceptors (Lipinski definition) is 5. The van der Waals surface area contributed by atoms with Crippen molar-refractivity contribution < 1.29 is 18.0 Å². The van der Waals surface area contributed by atoms with Crippen LogP contribution in [0.3, 0.4) is 0 Å². The zero-order valence-electron chi connectivity index (χ0n) is 16.2. The maximum Gasteiger partial charge on any atom is 0.237 e. The third kappa shape index (κ3) is 5.29. The summed E-state index contributed by atoms with van der Waals surface area (Å²) in [6.07, 6.45) is 7.24. The number of fused-ring (bicyclic) bond motifs is 1. The summed E-state index contributed by atoms with van der Waals surface area (Å²) in [4.78, 5) is 25.3. The Morgan fingerprint density at radius 2 is 1.93 bits per heavy atom. The molecule has 1 saturated carbocycles. The van der Waals surface area contributed by atoms with Gasteiger partial charge < -0.3 is 10.6 Å². The lowest BCUT2D eigenvalue weighted by molar-refractivity contribution is -0.121. The maximum atomic E-state index is 12.7. The third-order valence-corrected chi connectivity index (χ3v) is 8.47. The number of nitrogens with one attached hydrogen (secondary N) is 2. The van der Waals surface area contributed by atoms with E-state index in [1.165, 1.54) is 30.7 Å². The predicted molar refractivity (Wildman–Crippen MR) is 111 cm³/mol. The zero-order chi connectivity index (χ0) is 20.1. The van der Waals surface area contributed by atoms with E-state index in [1.54, 1.807) is 12.1 Å². The van der Waals surface area contributed by atoms with Gasteiger partial charge in [-0.05, 0) is 37.5 Å². The van der Waals surface area contributed by atoms with Crippen LogP contribution in [0, 0.1) is 0 Å². The Bertz CT molecular complexity index is 831. The monoisotopic (exact) mass is 424 g/mol. The number of anilines is 1. The number of sulfone groups is 1. The van der Waals surface area contributed by atoms with Gasteiger partial charge in [0, 0.05) is 17.4 Å². The summed E-state index contributed by atoms with van der Waals surface area (Å²) in [5.74, 6) is -0.538. The topological polar surface area (TPSA) is 92.3 Å². The second-order valence-electron chi connectivity index (χ2n) is 7.49. The minimum Gasteiger partial charge on any atom is -0.353 e. The van der Waals surface area contributed by atoms with Crippen LogP contribution in [0.2, 0.25) is 0 Å². The molecule has 2 aliphatic rings. The highest BCUT2D eigenvalue weighted by Crippen LogP contribution is 2.38. The number of carbonyl (C=O) groups excluding carboxylic acids is 2. The molecule has 1 aliphatic carbocycles. The summed E-state index contributed by atoms with van der Waals surface area (Å²) in [5.41, 5.74) is 0.531. The van der Waals surface area contributed by atoms with Crippen LogP contribution in [0.15, 0.2) is 28.0 Å². The summed E-state index contributed by atoms with van der Waals surface area (Å²) in [5, 5.41) is 5.63. The van der Waals surface area contributed by atoms with Gasteiger partial charge in [0.1, 0.15) is 0 Å². The van der Waals surface area contributed by atoms with Crippen LogP contribution in [-0.2, 0) is 19.4 Å². The summed E-state index contributed by atoms with van der Waals surface area (Å²) in [7, 11) is -3.59. The molecule has 6 nitrogen and oxygen atoms in total. The number of thioether (sulfide) groups is 1. The molecule has 1 heterocycles. The smallest absolute Gasteiger partial charge is 0.237 e. The Labute approximate surface area is 171 Å². The van der Waals surface area contributed by atoms with Gasteiger partial charge in [0.05, 0.1) is 21.6 Å². The average molecular weight is 425 g/mol. The van der Waals surface area contributed by atoms with Crippen molar-refractivity contribution in [1.82, 2.24) is 5.32 Å². The standard InChI is InChI=1S/C20H28N2O4S2/c1-2-17-20(24)22-16-13-15(9-10-18(16)27-17)28(25,26)12-11-19(23)21-14-7-5-3-4-6-8-14/h9-10,13-14,17H,2-8,11-12H2,1H3,(H,21,23)(H,22,24)/t17-/m1/s1. The number of benzene rings is 1. The summed E-state index contributed by atoms with van der Waals surface area (Å²) >= 11 is 1.45. The normalized spacial score (nSPS) is 20.8. The minimum absolute atomic E-state index is 0.0467. The fourth-order valence-electron chi connectivity index (χ4n) is 3.66. The van der Waals surface area contributed by atoms with E-state index in [0.29, 0.717) is 12.1 Å². The molecule has 0 saturated heterocycles. The van der Waals surface area contributed by atoms with Gasteiger partial charge in [0.25, 0.3) is 0 Å². The molecule has 1 aromatic rings. The average Bonchev–Trinajstić information content (AvgIpc) is 2.94. The first-order valence-corrected chi connectivity index (χ1v) is 12.6. The molecule has 8 heteroatoms. The predicted octanol–water partition coefficient (Wildman–Crippen LogP) is 3.51. The van der Waals surface area contributed by atoms with Crippen molar-refractivity contribution in [3.63, 3.8) is 0 Å². The Kier molecular flexibility index (Phi) is 7.04. The van der Waals surface area contributed by atoms with E-state index in [9.17, 15) is 18.0 Å². The molecule has 28 heavy (non-hydrogen) atoms. The molecular weight excluding hydrogens is 396 g/mol. The van der Waals surface area contributed by atoms with Gasteiger partial charge in [-0.2, -0.15) is 0 Å². The first-order valence-electron chi connectivity index (χ1n) is 10.0. The van der Waals surface area contributed by atoms with E-state index in [2.05, 4.69) is 10.6 Å². The van der Waals surface area contributed by atoms with Crippen LogP contribution >= 0.6 is 11.8 Å². The Balaban J connectivity index is 1.61. The van der Waals surface area contributed by atoms with Crippen LogP contribution in [-0.4, -0.2) is 37.3 Å². The van der Waals surface area contributed by atoms with E-state index in [0.717, 1.165) is 30.6 Å². The van der Waals surface area contributed by atoms with Gasteiger partial charge in [-0.25, -0.2) is 8.42 Å². The molecule has 0 unspecified atom stereocenters. The number of rotatable bonds is 6. The molecule has 1 aliphatic heterocycles. The second kappa shape index (κ2) is 9.31. The number of hydrogen-bond donors (Lipinski definition) is 2. The van der Waals surface area contributed by atoms with Gasteiger partial charge in [-0.1, -0.05) is 32.6 Å². The Morgan fingerprint density at radius 3 is 2.61 bits per heavy atom. The fraction of sp³-hybridized carbons (Fsp3) is 0.600. The van der Waals surface area contributed by atoms with E-state index >= 15 is 0 Å². The lowest BCUT2D eigenvalue weighted by atomic mass is 10.1. The molecule has 1 aromatic carbocycles. The van der Waals surface area contributed by atoms with Gasteiger partial charge in [-0.3, -0.25) is 9.59 Å². The van der Waals surface area contributed by atoms with Crippen molar-refractivity contribution in [2.24, 2.45) is 0 Å². The van der Waals surface area contributed by atoms with E-state index < -0.39 is 9.84 Å². The molecule has 1 fully saturated rings. The van der Waals surface area contributed by atoms with Gasteiger partial charge in [-0.15, -0.1) is 11.8 Å². The highest BCUT2D eigenvalue weighted by atomic mass is 32.2. The van der Waals surface area contributed by atoms with E-state index in [4.69, 9.17) is 0 Å². The zero-order valence-corrected chi connectivity index (χ0v) is 17.8. The van der Waals surface area contributed by atoms with Crippen molar-refractivity contribution >= 4 is 39.1 Å². The number of carbonyl (C=O) groups is 2. The van der Waals surface area contributed by atoms with E-state index in [1.807, 2.05) is 6.92 Å². The summed E-state index contributed by atoms with van der Waals surface area (Å²) in [6, 6.07) is 4.97. The quantitative estimate of drug-likeness (QED) is 0.682. The highest BCUT2D eigenvalue weighted by Gasteiger charge is 2.27. The van der Waals surface area contributed by atoms with Crippen LogP contribution in [0.25, 0.3) is 0 Å². The summed E-state index contributed by atoms with van der Waals surface area (Å²) < 4.78 is 25.3. The van der Waals surface area contributed by atoms with E-state index in [-0.39, 0.29) is 40.2 Å². The molecule has 0 spiro atoms. The largest absolute Gasteiger partial charge is 0.353 e. The number of amides is 2. The van der Waals surface area contributed by atoms with Crippen molar-refractivity contribution in [1.29, 1.82) is 0 Å². The van der Waals surface area contributed by atoms with Crippen molar-refractivity contribution in [3.05, 3.63) is 18.2 Å². The molecule has 1 atom stereocenters. The Hall–Kier alpha value is -1.54. The van der Waals surface area contributed by atoms with Crippen molar-refractivity contribution in [2.45, 2.75) is 79.4 Å². The molecule has 154 valence electrons. The van der Waals surface area contributed by atoms with Crippen LogP contribution < -0.4 is 10.6 Å². The van der Waals surface area contributed by atoms with Crippen LogP contribution in [0.1, 0.15) is 58.3 Å². The maximum absolute atomic E-state index is 12.7. The van der Waals surface area contributed by atoms with Crippen LogP contribution in [0.4, 0.5) is 5.69 Å². The third-order valence-electron chi connectivity index (χ3n) is 5.32. The minimum atomic E-state index is -3.59. The first kappa shape index (κ1) is 21.2. The SMILES string of the molecule is CC[C@H]1Sc2ccc(S(=O)(=O)CCC(=O)NC3CCCCCC3)cc2NC1=O. The second-order valence-corrected chi connectivity index (χ2v) is 10.8. The Morgan fingerprint density at radius 1 is 1.21 bits per heavy atom. The molecular formula is C20H28N2O4S2. The van der Waals surface area contributed by atoms with Crippen LogP contribution in [0.5, 0.6) is 0 Å². The van der Waals surface area contributed by atoms with Crippen molar-refractivity contribution in [3.8, 4) is 0 Å². The lowest BCUT2D eigenvalue weighted by Gasteiger charge is -2.23.